The predicted molar refractivity (Wildman–Crippen MR) is 85.0 cm³/mol. The first-order valence-corrected chi connectivity index (χ1v) is 8.05. The molecule has 2 atom stereocenters. The Bertz CT molecular complexity index is 449. The summed E-state index contributed by atoms with van der Waals surface area (Å²) in [7, 11) is 0. The SMILES string of the molecule is CCNC(CCc1ccsc1)C(C)c1ccccc1. The minimum atomic E-state index is 0.548. The fourth-order valence-electron chi connectivity index (χ4n) is 2.54. The van der Waals surface area contributed by atoms with Crippen LogP contribution in [0.1, 0.15) is 37.3 Å². The molecular formula is C17H23NS. The van der Waals surface area contributed by atoms with E-state index in [1.54, 1.807) is 11.3 Å². The monoisotopic (exact) mass is 273 g/mol. The molecule has 0 fully saturated rings. The molecule has 0 aliphatic rings. The third-order valence-corrected chi connectivity index (χ3v) is 4.45. The second kappa shape index (κ2) is 7.46. The van der Waals surface area contributed by atoms with Crippen LogP contribution >= 0.6 is 11.3 Å². The molecule has 2 aromatic rings. The highest BCUT2D eigenvalue weighted by Crippen LogP contribution is 2.22. The van der Waals surface area contributed by atoms with E-state index in [4.69, 9.17) is 0 Å². The minimum absolute atomic E-state index is 0.548. The summed E-state index contributed by atoms with van der Waals surface area (Å²) in [5, 5.41) is 8.07. The van der Waals surface area contributed by atoms with Crippen LogP contribution in [0.2, 0.25) is 0 Å². The van der Waals surface area contributed by atoms with Crippen LogP contribution in [0.3, 0.4) is 0 Å². The second-order valence-electron chi connectivity index (χ2n) is 5.03. The molecule has 0 amide bonds. The van der Waals surface area contributed by atoms with Gasteiger partial charge >= 0.3 is 0 Å². The van der Waals surface area contributed by atoms with Crippen molar-refractivity contribution >= 4 is 11.3 Å². The molecule has 2 heteroatoms. The third kappa shape index (κ3) is 4.19. The van der Waals surface area contributed by atoms with E-state index in [0.29, 0.717) is 12.0 Å². The van der Waals surface area contributed by atoms with Gasteiger partial charge in [-0.1, -0.05) is 44.2 Å². The number of benzene rings is 1. The van der Waals surface area contributed by atoms with Gasteiger partial charge in [0.15, 0.2) is 0 Å². The lowest BCUT2D eigenvalue weighted by molar-refractivity contribution is 0.434. The molecule has 0 saturated carbocycles. The summed E-state index contributed by atoms with van der Waals surface area (Å²) in [6.45, 7) is 5.55. The van der Waals surface area contributed by atoms with Crippen LogP contribution < -0.4 is 5.32 Å². The number of aryl methyl sites for hydroxylation is 1. The van der Waals surface area contributed by atoms with E-state index in [1.807, 2.05) is 0 Å². The van der Waals surface area contributed by atoms with Crippen LogP contribution in [0.15, 0.2) is 47.2 Å². The van der Waals surface area contributed by atoms with Crippen molar-refractivity contribution in [1.29, 1.82) is 0 Å². The largest absolute Gasteiger partial charge is 0.314 e. The Labute approximate surface area is 120 Å². The summed E-state index contributed by atoms with van der Waals surface area (Å²) in [4.78, 5) is 0. The summed E-state index contributed by atoms with van der Waals surface area (Å²) in [5.41, 5.74) is 2.90. The highest BCUT2D eigenvalue weighted by atomic mass is 32.1. The molecule has 2 rings (SSSR count). The molecule has 1 N–H and O–H groups in total. The number of likely N-dealkylation sites (N-methyl/N-ethyl adjacent to an activating group) is 1. The van der Waals surface area contributed by atoms with Gasteiger partial charge in [0.25, 0.3) is 0 Å². The number of nitrogens with one attached hydrogen (secondary N) is 1. The van der Waals surface area contributed by atoms with Crippen molar-refractivity contribution < 1.29 is 0 Å². The van der Waals surface area contributed by atoms with Crippen LogP contribution in [-0.4, -0.2) is 12.6 Å². The molecule has 0 radical (unpaired) electrons. The van der Waals surface area contributed by atoms with Gasteiger partial charge in [-0.2, -0.15) is 11.3 Å². The van der Waals surface area contributed by atoms with E-state index in [2.05, 4.69) is 66.3 Å². The van der Waals surface area contributed by atoms with E-state index in [-0.39, 0.29) is 0 Å². The maximum Gasteiger partial charge on any atom is 0.0136 e. The Kier molecular flexibility index (Phi) is 5.62. The molecule has 1 heterocycles. The molecule has 1 nitrogen and oxygen atoms in total. The van der Waals surface area contributed by atoms with E-state index < -0.39 is 0 Å². The fraction of sp³-hybridized carbons (Fsp3) is 0.412. The van der Waals surface area contributed by atoms with Gasteiger partial charge in [0, 0.05) is 6.04 Å². The number of thiophene rings is 1. The first kappa shape index (κ1) is 14.3. The van der Waals surface area contributed by atoms with Crippen LogP contribution in [0.25, 0.3) is 0 Å². The summed E-state index contributed by atoms with van der Waals surface area (Å²) >= 11 is 1.79. The third-order valence-electron chi connectivity index (χ3n) is 3.72. The van der Waals surface area contributed by atoms with E-state index in [1.165, 1.54) is 24.0 Å². The van der Waals surface area contributed by atoms with Gasteiger partial charge < -0.3 is 5.32 Å². The van der Waals surface area contributed by atoms with Crippen molar-refractivity contribution in [3.63, 3.8) is 0 Å². The van der Waals surface area contributed by atoms with Gasteiger partial charge in [0.2, 0.25) is 0 Å². The lowest BCUT2D eigenvalue weighted by Crippen LogP contribution is -2.34. The first-order chi connectivity index (χ1) is 9.31. The van der Waals surface area contributed by atoms with Crippen molar-refractivity contribution in [2.45, 2.75) is 38.6 Å². The summed E-state index contributed by atoms with van der Waals surface area (Å²) < 4.78 is 0. The highest BCUT2D eigenvalue weighted by Gasteiger charge is 2.17. The molecule has 0 aliphatic heterocycles. The number of hydrogen-bond acceptors (Lipinski definition) is 2. The topological polar surface area (TPSA) is 12.0 Å². The molecule has 0 spiro atoms. The lowest BCUT2D eigenvalue weighted by atomic mass is 9.89. The van der Waals surface area contributed by atoms with Crippen LogP contribution in [-0.2, 0) is 6.42 Å². The lowest BCUT2D eigenvalue weighted by Gasteiger charge is -2.25. The molecule has 102 valence electrons. The minimum Gasteiger partial charge on any atom is -0.314 e. The van der Waals surface area contributed by atoms with Crippen LogP contribution in [0.4, 0.5) is 0 Å². The first-order valence-electron chi connectivity index (χ1n) is 7.10. The maximum atomic E-state index is 3.65. The Morgan fingerprint density at radius 2 is 1.95 bits per heavy atom. The van der Waals surface area contributed by atoms with Gasteiger partial charge in [-0.15, -0.1) is 0 Å². The molecule has 1 aromatic carbocycles. The van der Waals surface area contributed by atoms with Crippen molar-refractivity contribution in [3.05, 3.63) is 58.3 Å². The summed E-state index contributed by atoms with van der Waals surface area (Å²) in [6.07, 6.45) is 2.36. The summed E-state index contributed by atoms with van der Waals surface area (Å²) in [5.74, 6) is 0.555. The Hall–Kier alpha value is -1.12. The van der Waals surface area contributed by atoms with E-state index in [0.717, 1.165) is 6.54 Å². The average Bonchev–Trinajstić information content (AvgIpc) is 2.97. The molecule has 0 aliphatic carbocycles. The standard InChI is InChI=1S/C17H23NS/c1-3-18-17(10-9-15-11-12-19-13-15)14(2)16-7-5-4-6-8-16/h4-8,11-14,17-18H,3,9-10H2,1-2H3. The number of hydrogen-bond donors (Lipinski definition) is 1. The molecule has 1 aromatic heterocycles. The van der Waals surface area contributed by atoms with Crippen molar-refractivity contribution in [2.75, 3.05) is 6.54 Å². The van der Waals surface area contributed by atoms with Gasteiger partial charge in [0.1, 0.15) is 0 Å². The highest BCUT2D eigenvalue weighted by molar-refractivity contribution is 7.07. The fourth-order valence-corrected chi connectivity index (χ4v) is 3.24. The molecule has 2 unspecified atom stereocenters. The molecule has 19 heavy (non-hydrogen) atoms. The van der Waals surface area contributed by atoms with Crippen molar-refractivity contribution in [1.82, 2.24) is 5.32 Å². The maximum absolute atomic E-state index is 3.65. The second-order valence-corrected chi connectivity index (χ2v) is 5.81. The van der Waals surface area contributed by atoms with Crippen LogP contribution in [0, 0.1) is 0 Å². The van der Waals surface area contributed by atoms with Crippen molar-refractivity contribution in [2.24, 2.45) is 0 Å². The zero-order valence-corrected chi connectivity index (χ0v) is 12.6. The van der Waals surface area contributed by atoms with E-state index >= 15 is 0 Å². The number of rotatable bonds is 7. The Morgan fingerprint density at radius 3 is 2.58 bits per heavy atom. The summed E-state index contributed by atoms with van der Waals surface area (Å²) in [6, 6.07) is 13.6. The normalized spacial score (nSPS) is 14.2. The zero-order chi connectivity index (χ0) is 13.5. The Balaban J connectivity index is 1.98. The molecular weight excluding hydrogens is 250 g/mol. The van der Waals surface area contributed by atoms with Gasteiger partial charge in [-0.25, -0.2) is 0 Å². The molecule has 0 saturated heterocycles. The zero-order valence-electron chi connectivity index (χ0n) is 11.8. The smallest absolute Gasteiger partial charge is 0.0136 e. The quantitative estimate of drug-likeness (QED) is 0.785. The predicted octanol–water partition coefficient (Wildman–Crippen LogP) is 4.46. The van der Waals surface area contributed by atoms with Gasteiger partial charge in [0.05, 0.1) is 0 Å². The Morgan fingerprint density at radius 1 is 1.16 bits per heavy atom. The van der Waals surface area contributed by atoms with E-state index in [9.17, 15) is 0 Å². The van der Waals surface area contributed by atoms with Crippen molar-refractivity contribution in [3.8, 4) is 0 Å². The average molecular weight is 273 g/mol. The van der Waals surface area contributed by atoms with Gasteiger partial charge in [-0.05, 0) is 53.3 Å². The van der Waals surface area contributed by atoms with Gasteiger partial charge in [-0.3, -0.25) is 0 Å². The van der Waals surface area contributed by atoms with Crippen LogP contribution in [0.5, 0.6) is 0 Å². The molecule has 0 bridgehead atoms.